The number of nitrogens with zero attached hydrogens (tertiary/aromatic N) is 2. The van der Waals surface area contributed by atoms with Gasteiger partial charge in [-0.15, -0.1) is 0 Å². The van der Waals surface area contributed by atoms with Crippen LogP contribution in [0.25, 0.3) is 0 Å². The van der Waals surface area contributed by atoms with Crippen LogP contribution >= 0.6 is 43.5 Å². The molecule has 0 N–H and O–H groups in total. The number of hydrogen-bond donors (Lipinski definition) is 0. The molecule has 2 bridgehead atoms. The maximum atomic E-state index is 13.8. The first-order valence-electron chi connectivity index (χ1n) is 11.6. The lowest BCUT2D eigenvalue weighted by atomic mass is 9.81. The molecule has 0 radical (unpaired) electrons. The van der Waals surface area contributed by atoms with Gasteiger partial charge in [0.05, 0.1) is 18.9 Å². The molecule has 2 saturated carbocycles. The molecule has 1 saturated heterocycles. The zero-order chi connectivity index (χ0) is 25.9. The number of Topliss-reactive ketones (excluding diaryl/α,β-unsaturated/α-hetero) is 1. The Kier molecular flexibility index (Phi) is 6.76. The van der Waals surface area contributed by atoms with Crippen molar-refractivity contribution in [1.29, 1.82) is 0 Å². The lowest BCUT2D eigenvalue weighted by Gasteiger charge is -2.35. The van der Waals surface area contributed by atoms with Gasteiger partial charge in [-0.05, 0) is 73.7 Å². The average Bonchev–Trinajstić information content (AvgIpc) is 3.49. The fraction of sp³-hybridized carbons (Fsp3) is 0.385. The van der Waals surface area contributed by atoms with E-state index in [0.717, 1.165) is 16.4 Å². The van der Waals surface area contributed by atoms with Gasteiger partial charge >= 0.3 is 0 Å². The molecular formula is C26H23Br2ClN2O5. The molecule has 0 spiro atoms. The molecule has 1 aliphatic heterocycles. The van der Waals surface area contributed by atoms with Crippen LogP contribution in [-0.2, 0) is 9.59 Å². The Morgan fingerprint density at radius 3 is 1.94 bits per heavy atom. The van der Waals surface area contributed by atoms with Gasteiger partial charge in [0.15, 0.2) is 5.78 Å². The minimum Gasteiger partial charge on any atom is -0.497 e. The number of ether oxygens (including phenoxy) is 1. The van der Waals surface area contributed by atoms with Crippen molar-refractivity contribution in [3.8, 4) is 5.75 Å². The summed E-state index contributed by atoms with van der Waals surface area (Å²) in [4.78, 5) is 54.9. The fourth-order valence-electron chi connectivity index (χ4n) is 5.82. The van der Waals surface area contributed by atoms with E-state index < -0.39 is 41.4 Å². The zero-order valence-electron chi connectivity index (χ0n) is 19.4. The third-order valence-corrected chi connectivity index (χ3v) is 11.1. The Morgan fingerprint density at radius 2 is 1.44 bits per heavy atom. The largest absolute Gasteiger partial charge is 0.497 e. The number of ketones is 1. The summed E-state index contributed by atoms with van der Waals surface area (Å²) in [5, 5.41) is 2.40. The molecule has 188 valence electrons. The fourth-order valence-corrected chi connectivity index (χ4v) is 7.82. The number of alkyl halides is 2. The van der Waals surface area contributed by atoms with E-state index in [2.05, 4.69) is 31.9 Å². The molecule has 5 rings (SSSR count). The number of amides is 3. The lowest BCUT2D eigenvalue weighted by Crippen LogP contribution is -2.56. The molecule has 7 atom stereocenters. The van der Waals surface area contributed by atoms with Crippen molar-refractivity contribution in [2.45, 2.75) is 29.0 Å². The minimum absolute atomic E-state index is 0.0223. The normalized spacial score (nSPS) is 29.3. The highest BCUT2D eigenvalue weighted by Gasteiger charge is 2.68. The predicted octanol–water partition coefficient (Wildman–Crippen LogP) is 4.76. The zero-order valence-corrected chi connectivity index (χ0v) is 23.4. The quantitative estimate of drug-likeness (QED) is 0.259. The van der Waals surface area contributed by atoms with Crippen LogP contribution < -0.4 is 4.74 Å². The van der Waals surface area contributed by atoms with Crippen LogP contribution in [0, 0.1) is 23.7 Å². The number of carbonyl (C=O) groups is 4. The highest BCUT2D eigenvalue weighted by atomic mass is 79.9. The smallest absolute Gasteiger partial charge is 0.273 e. The van der Waals surface area contributed by atoms with Crippen molar-refractivity contribution < 1.29 is 23.9 Å². The third kappa shape index (κ3) is 3.90. The topological polar surface area (TPSA) is 84.0 Å². The molecule has 3 amide bonds. The van der Waals surface area contributed by atoms with Gasteiger partial charge in [0, 0.05) is 25.8 Å². The van der Waals surface area contributed by atoms with Crippen molar-refractivity contribution in [3.05, 3.63) is 64.7 Å². The van der Waals surface area contributed by atoms with E-state index in [1.165, 1.54) is 26.2 Å². The highest BCUT2D eigenvalue weighted by Crippen LogP contribution is 2.60. The Hall–Kier alpha value is -2.23. The Morgan fingerprint density at radius 1 is 0.944 bits per heavy atom. The van der Waals surface area contributed by atoms with Gasteiger partial charge in [-0.25, -0.2) is 5.01 Å². The second-order valence-electron chi connectivity index (χ2n) is 9.42. The summed E-state index contributed by atoms with van der Waals surface area (Å²) in [7, 11) is 1.52. The molecule has 7 nitrogen and oxygen atoms in total. The number of methoxy groups -OCH3 is 1. The van der Waals surface area contributed by atoms with Crippen LogP contribution in [0.2, 0.25) is 5.02 Å². The molecule has 0 aromatic heterocycles. The van der Waals surface area contributed by atoms with Gasteiger partial charge in [-0.3, -0.25) is 19.2 Å². The van der Waals surface area contributed by atoms with Crippen molar-refractivity contribution in [1.82, 2.24) is 10.0 Å². The first kappa shape index (κ1) is 25.4. The summed E-state index contributed by atoms with van der Waals surface area (Å²) in [6, 6.07) is 11.5. The SMILES string of the molecule is COc1ccc(C(=O)[C@H](C)N(C(=O)c2ccc(Cl)cc2)N2C(=O)[C@@H]3[C@H]4C[C@@H]([C@@H](Br)[C@H]4Br)[C@H]3C2=O)cc1. The number of fused-ring (bicyclic) bond motifs is 5. The first-order chi connectivity index (χ1) is 17.1. The van der Waals surface area contributed by atoms with Crippen LogP contribution in [-0.4, -0.2) is 56.3 Å². The summed E-state index contributed by atoms with van der Waals surface area (Å²) < 4.78 is 5.17. The summed E-state index contributed by atoms with van der Waals surface area (Å²) in [5.41, 5.74) is 0.545. The lowest BCUT2D eigenvalue weighted by molar-refractivity contribution is -0.157. The van der Waals surface area contributed by atoms with E-state index in [9.17, 15) is 19.2 Å². The number of hydrogen-bond acceptors (Lipinski definition) is 5. The van der Waals surface area contributed by atoms with Gasteiger partial charge in [0.1, 0.15) is 11.8 Å². The van der Waals surface area contributed by atoms with Crippen molar-refractivity contribution in [2.24, 2.45) is 23.7 Å². The Balaban J connectivity index is 1.53. The monoisotopic (exact) mass is 636 g/mol. The maximum absolute atomic E-state index is 13.8. The van der Waals surface area contributed by atoms with Crippen molar-refractivity contribution in [2.75, 3.05) is 7.11 Å². The van der Waals surface area contributed by atoms with Gasteiger partial charge in [0.2, 0.25) is 0 Å². The highest BCUT2D eigenvalue weighted by molar-refractivity contribution is 9.12. The number of hydrazine groups is 1. The molecular weight excluding hydrogens is 616 g/mol. The third-order valence-electron chi connectivity index (χ3n) is 7.60. The standard InChI is InChI=1S/C26H23Br2ClN2O5/c1-12(23(32)13-5-9-16(36-2)10-6-13)30(24(33)14-3-7-15(29)8-4-14)31-25(34)19-17-11-18(20(19)26(31)35)22(28)21(17)27/h3-10,12,17-22H,11H2,1-2H3/t12-,17+,18+,19+,20+,21-,22+/m0/s1. The molecule has 3 fully saturated rings. The second-order valence-corrected chi connectivity index (χ2v) is 12.0. The maximum Gasteiger partial charge on any atom is 0.273 e. The molecule has 3 aliphatic rings. The van der Waals surface area contributed by atoms with E-state index in [-0.39, 0.29) is 27.1 Å². The van der Waals surface area contributed by atoms with Crippen molar-refractivity contribution >= 4 is 67.0 Å². The number of imide groups is 1. The molecule has 36 heavy (non-hydrogen) atoms. The van der Waals surface area contributed by atoms with E-state index in [4.69, 9.17) is 16.3 Å². The first-order valence-corrected chi connectivity index (χ1v) is 13.8. The summed E-state index contributed by atoms with van der Waals surface area (Å²) in [6.45, 7) is 1.53. The summed E-state index contributed by atoms with van der Waals surface area (Å²) in [6.07, 6.45) is 0.762. The van der Waals surface area contributed by atoms with E-state index in [1.54, 1.807) is 36.4 Å². The minimum atomic E-state index is -1.12. The Bertz CT molecular complexity index is 1210. The number of rotatable bonds is 6. The molecule has 2 aliphatic carbocycles. The van der Waals surface area contributed by atoms with Crippen LogP contribution in [0.4, 0.5) is 0 Å². The molecule has 10 heteroatoms. The van der Waals surface area contributed by atoms with Gasteiger partial charge in [-0.2, -0.15) is 5.01 Å². The van der Waals surface area contributed by atoms with Crippen LogP contribution in [0.3, 0.4) is 0 Å². The van der Waals surface area contributed by atoms with Crippen LogP contribution in [0.15, 0.2) is 48.5 Å². The van der Waals surface area contributed by atoms with Gasteiger partial charge < -0.3 is 4.74 Å². The number of carbonyl (C=O) groups excluding carboxylic acids is 4. The van der Waals surface area contributed by atoms with Crippen LogP contribution in [0.1, 0.15) is 34.1 Å². The van der Waals surface area contributed by atoms with Crippen molar-refractivity contribution in [3.63, 3.8) is 0 Å². The van der Waals surface area contributed by atoms with Crippen LogP contribution in [0.5, 0.6) is 5.75 Å². The Labute approximate surface area is 230 Å². The number of benzene rings is 2. The molecule has 0 unspecified atom stereocenters. The summed E-state index contributed by atoms with van der Waals surface area (Å²) >= 11 is 13.4. The molecule has 1 heterocycles. The van der Waals surface area contributed by atoms with Gasteiger partial charge in [0.25, 0.3) is 17.7 Å². The number of halogens is 3. The van der Waals surface area contributed by atoms with E-state index in [1.807, 2.05) is 0 Å². The van der Waals surface area contributed by atoms with E-state index >= 15 is 0 Å². The average molecular weight is 639 g/mol. The molecule has 2 aromatic carbocycles. The second kappa shape index (κ2) is 9.58. The van der Waals surface area contributed by atoms with E-state index in [0.29, 0.717) is 16.3 Å². The predicted molar refractivity (Wildman–Crippen MR) is 140 cm³/mol. The summed E-state index contributed by atoms with van der Waals surface area (Å²) in [5.74, 6) is -2.41. The van der Waals surface area contributed by atoms with Gasteiger partial charge in [-0.1, -0.05) is 43.5 Å². The molecule has 2 aromatic rings.